The Kier molecular flexibility index (Phi) is 7.03. The van der Waals surface area contributed by atoms with Gasteiger partial charge in [0.1, 0.15) is 18.0 Å². The molecule has 7 heteroatoms. The van der Waals surface area contributed by atoms with Crippen molar-refractivity contribution in [3.63, 3.8) is 0 Å². The van der Waals surface area contributed by atoms with E-state index >= 15 is 0 Å². The van der Waals surface area contributed by atoms with Crippen LogP contribution in [0.3, 0.4) is 0 Å². The second-order valence-corrected chi connectivity index (χ2v) is 10.1. The number of aryl methyl sites for hydroxylation is 1. The summed E-state index contributed by atoms with van der Waals surface area (Å²) >= 11 is 3.40. The summed E-state index contributed by atoms with van der Waals surface area (Å²) in [6.45, 7) is 5.70. The summed E-state index contributed by atoms with van der Waals surface area (Å²) in [4.78, 5) is 29.1. The summed E-state index contributed by atoms with van der Waals surface area (Å²) in [7, 11) is 0. The standard InChI is InChI=1S/C27H27BrN2O4/c1-27(2,3)34-24(31)13-12-17-14-18(28)15-29-25(17)30-26(32)33-16-23-21-10-6-4-8-19(21)20-9-5-7-11-22(20)23/h4-11,14-15,23H,12-13,16H2,1-3H3,(H,29,30,32). The molecule has 0 bridgehead atoms. The lowest BCUT2D eigenvalue weighted by Crippen LogP contribution is -2.24. The zero-order valence-corrected chi connectivity index (χ0v) is 21.0. The van der Waals surface area contributed by atoms with Crippen molar-refractivity contribution in [3.05, 3.63) is 82.0 Å². The summed E-state index contributed by atoms with van der Waals surface area (Å²) in [6.07, 6.45) is 1.56. The Hall–Kier alpha value is -3.19. The van der Waals surface area contributed by atoms with Crippen LogP contribution in [-0.4, -0.2) is 29.3 Å². The lowest BCUT2D eigenvalue weighted by molar-refractivity contribution is -0.154. The number of amides is 1. The van der Waals surface area contributed by atoms with Gasteiger partial charge in [0.15, 0.2) is 0 Å². The molecule has 0 spiro atoms. The van der Waals surface area contributed by atoms with Crippen molar-refractivity contribution in [2.75, 3.05) is 11.9 Å². The molecule has 0 atom stereocenters. The molecule has 1 aliphatic carbocycles. The molecule has 0 fully saturated rings. The Morgan fingerprint density at radius 2 is 1.65 bits per heavy atom. The fourth-order valence-electron chi connectivity index (χ4n) is 4.14. The van der Waals surface area contributed by atoms with Gasteiger partial charge >= 0.3 is 12.1 Å². The number of rotatable bonds is 6. The first-order valence-corrected chi connectivity index (χ1v) is 12.0. The maximum absolute atomic E-state index is 12.7. The summed E-state index contributed by atoms with van der Waals surface area (Å²) in [5, 5.41) is 2.74. The highest BCUT2D eigenvalue weighted by Crippen LogP contribution is 2.44. The van der Waals surface area contributed by atoms with Crippen molar-refractivity contribution >= 4 is 33.8 Å². The minimum absolute atomic E-state index is 0.0253. The van der Waals surface area contributed by atoms with Crippen LogP contribution in [0.1, 0.15) is 49.8 Å². The van der Waals surface area contributed by atoms with Gasteiger partial charge < -0.3 is 9.47 Å². The molecule has 1 aliphatic rings. The third-order valence-corrected chi connectivity index (χ3v) is 5.95. The number of nitrogens with zero attached hydrogens (tertiary/aromatic N) is 1. The predicted molar refractivity (Wildman–Crippen MR) is 135 cm³/mol. The lowest BCUT2D eigenvalue weighted by atomic mass is 9.98. The number of fused-ring (bicyclic) bond motifs is 3. The number of aromatic nitrogens is 1. The molecule has 1 heterocycles. The zero-order chi connectivity index (χ0) is 24.3. The number of carbonyl (C=O) groups excluding carboxylic acids is 2. The van der Waals surface area contributed by atoms with E-state index in [-0.39, 0.29) is 24.9 Å². The van der Waals surface area contributed by atoms with Crippen LogP contribution < -0.4 is 5.32 Å². The predicted octanol–water partition coefficient (Wildman–Crippen LogP) is 6.48. The monoisotopic (exact) mass is 522 g/mol. The van der Waals surface area contributed by atoms with E-state index in [0.717, 1.165) is 15.6 Å². The third kappa shape index (κ3) is 5.65. The molecule has 0 saturated heterocycles. The van der Waals surface area contributed by atoms with E-state index in [1.807, 2.05) is 51.1 Å². The van der Waals surface area contributed by atoms with Crippen molar-refractivity contribution in [2.45, 2.75) is 45.1 Å². The van der Waals surface area contributed by atoms with E-state index in [1.165, 1.54) is 11.1 Å². The maximum atomic E-state index is 12.7. The van der Waals surface area contributed by atoms with Gasteiger partial charge in [0.05, 0.1) is 0 Å². The SMILES string of the molecule is CC(C)(C)OC(=O)CCc1cc(Br)cnc1NC(=O)OCC1c2ccccc2-c2ccccc21. The van der Waals surface area contributed by atoms with Gasteiger partial charge in [0.2, 0.25) is 0 Å². The summed E-state index contributed by atoms with van der Waals surface area (Å²) in [5.41, 5.74) is 4.81. The van der Waals surface area contributed by atoms with Crippen LogP contribution >= 0.6 is 15.9 Å². The molecule has 1 N–H and O–H groups in total. The van der Waals surface area contributed by atoms with E-state index in [4.69, 9.17) is 9.47 Å². The van der Waals surface area contributed by atoms with Crippen molar-refractivity contribution in [2.24, 2.45) is 0 Å². The van der Waals surface area contributed by atoms with E-state index in [9.17, 15) is 9.59 Å². The summed E-state index contributed by atoms with van der Waals surface area (Å²) < 4.78 is 11.8. The van der Waals surface area contributed by atoms with Gasteiger partial charge in [-0.25, -0.2) is 9.78 Å². The molecule has 0 unspecified atom stereocenters. The zero-order valence-electron chi connectivity index (χ0n) is 19.4. The topological polar surface area (TPSA) is 77.5 Å². The summed E-state index contributed by atoms with van der Waals surface area (Å²) in [5.74, 6) is 0.0335. The highest BCUT2D eigenvalue weighted by molar-refractivity contribution is 9.10. The number of benzene rings is 2. The van der Waals surface area contributed by atoms with Crippen LogP contribution in [-0.2, 0) is 20.7 Å². The largest absolute Gasteiger partial charge is 0.460 e. The number of anilines is 1. The van der Waals surface area contributed by atoms with Crippen molar-refractivity contribution in [1.29, 1.82) is 0 Å². The Balaban J connectivity index is 1.42. The number of pyridine rings is 1. The Labute approximate surface area is 207 Å². The van der Waals surface area contributed by atoms with Crippen LogP contribution in [0.4, 0.5) is 10.6 Å². The molecule has 2 aromatic carbocycles. The molecular weight excluding hydrogens is 496 g/mol. The molecule has 0 radical (unpaired) electrons. The summed E-state index contributed by atoms with van der Waals surface area (Å²) in [6, 6.07) is 18.2. The van der Waals surface area contributed by atoms with Gasteiger partial charge in [0, 0.05) is 23.0 Å². The number of esters is 1. The average Bonchev–Trinajstić information content (AvgIpc) is 3.10. The van der Waals surface area contributed by atoms with E-state index in [1.54, 1.807) is 6.20 Å². The number of hydrogen-bond donors (Lipinski definition) is 1. The molecule has 34 heavy (non-hydrogen) atoms. The van der Waals surface area contributed by atoms with Crippen LogP contribution in [0, 0.1) is 0 Å². The minimum atomic E-state index is -0.588. The maximum Gasteiger partial charge on any atom is 0.412 e. The Bertz CT molecular complexity index is 1170. The van der Waals surface area contributed by atoms with Crippen LogP contribution in [0.25, 0.3) is 11.1 Å². The Morgan fingerprint density at radius 1 is 1.03 bits per heavy atom. The minimum Gasteiger partial charge on any atom is -0.460 e. The molecular formula is C27H27BrN2O4. The van der Waals surface area contributed by atoms with Crippen LogP contribution in [0.15, 0.2) is 65.3 Å². The van der Waals surface area contributed by atoms with Gasteiger partial charge in [-0.15, -0.1) is 0 Å². The first-order valence-electron chi connectivity index (χ1n) is 11.2. The molecule has 0 saturated carbocycles. The van der Waals surface area contributed by atoms with Crippen molar-refractivity contribution in [1.82, 2.24) is 4.98 Å². The highest BCUT2D eigenvalue weighted by atomic mass is 79.9. The normalized spacial score (nSPS) is 12.6. The number of hydrogen-bond acceptors (Lipinski definition) is 5. The second-order valence-electron chi connectivity index (χ2n) is 9.20. The second kappa shape index (κ2) is 9.97. The molecule has 1 amide bonds. The fourth-order valence-corrected chi connectivity index (χ4v) is 4.52. The number of carbonyl (C=O) groups is 2. The van der Waals surface area contributed by atoms with Gasteiger partial charge in [-0.3, -0.25) is 10.1 Å². The lowest BCUT2D eigenvalue weighted by Gasteiger charge is -2.19. The van der Waals surface area contributed by atoms with Gasteiger partial charge in [-0.05, 0) is 77.0 Å². The number of ether oxygens (including phenoxy) is 2. The average molecular weight is 523 g/mol. The van der Waals surface area contributed by atoms with Crippen LogP contribution in [0.5, 0.6) is 0 Å². The third-order valence-electron chi connectivity index (χ3n) is 5.52. The molecule has 176 valence electrons. The van der Waals surface area contributed by atoms with E-state index in [0.29, 0.717) is 17.8 Å². The van der Waals surface area contributed by atoms with Gasteiger partial charge in [0.25, 0.3) is 0 Å². The van der Waals surface area contributed by atoms with Crippen LogP contribution in [0.2, 0.25) is 0 Å². The smallest absolute Gasteiger partial charge is 0.412 e. The fraction of sp³-hybridized carbons (Fsp3) is 0.296. The van der Waals surface area contributed by atoms with Gasteiger partial charge in [-0.1, -0.05) is 48.5 Å². The highest BCUT2D eigenvalue weighted by Gasteiger charge is 2.29. The van der Waals surface area contributed by atoms with Gasteiger partial charge in [-0.2, -0.15) is 0 Å². The molecule has 4 rings (SSSR count). The number of nitrogens with one attached hydrogen (secondary N) is 1. The Morgan fingerprint density at radius 3 is 2.26 bits per heavy atom. The molecule has 3 aromatic rings. The number of halogens is 1. The molecule has 1 aromatic heterocycles. The van der Waals surface area contributed by atoms with Crippen molar-refractivity contribution in [3.8, 4) is 11.1 Å². The van der Waals surface area contributed by atoms with E-state index in [2.05, 4.69) is 50.5 Å². The first-order chi connectivity index (χ1) is 16.2. The quantitative estimate of drug-likeness (QED) is 0.375. The molecule has 6 nitrogen and oxygen atoms in total. The van der Waals surface area contributed by atoms with Crippen molar-refractivity contribution < 1.29 is 19.1 Å². The first kappa shape index (κ1) is 24.0. The molecule has 0 aliphatic heterocycles. The van der Waals surface area contributed by atoms with E-state index < -0.39 is 11.7 Å².